The van der Waals surface area contributed by atoms with Crippen LogP contribution in [0.15, 0.2) is 39.2 Å². The SMILES string of the molecule is O=C(NN=Cc1cc2c(cc1Br)OCO2)c1cccs1. The van der Waals surface area contributed by atoms with Crippen molar-refractivity contribution >= 4 is 39.4 Å². The number of ether oxygens (including phenoxy) is 2. The highest BCUT2D eigenvalue weighted by atomic mass is 79.9. The van der Waals surface area contributed by atoms with Crippen LogP contribution in [0.25, 0.3) is 0 Å². The van der Waals surface area contributed by atoms with Crippen LogP contribution in [0.3, 0.4) is 0 Å². The van der Waals surface area contributed by atoms with E-state index in [2.05, 4.69) is 26.5 Å². The van der Waals surface area contributed by atoms with Crippen LogP contribution >= 0.6 is 27.3 Å². The number of halogens is 1. The summed E-state index contributed by atoms with van der Waals surface area (Å²) in [5, 5.41) is 5.78. The molecule has 2 heterocycles. The van der Waals surface area contributed by atoms with Gasteiger partial charge in [-0.1, -0.05) is 6.07 Å². The lowest BCUT2D eigenvalue weighted by atomic mass is 10.2. The Morgan fingerprint density at radius 1 is 1.40 bits per heavy atom. The number of amides is 1. The van der Waals surface area contributed by atoms with E-state index in [1.54, 1.807) is 18.3 Å². The van der Waals surface area contributed by atoms with Gasteiger partial charge < -0.3 is 9.47 Å². The third-order valence-corrected chi connectivity index (χ3v) is 4.16. The van der Waals surface area contributed by atoms with Gasteiger partial charge in [0.25, 0.3) is 5.91 Å². The molecule has 0 aliphatic carbocycles. The third kappa shape index (κ3) is 2.68. The lowest BCUT2D eigenvalue weighted by Crippen LogP contribution is -2.16. The van der Waals surface area contributed by atoms with Crippen LogP contribution in [-0.4, -0.2) is 18.9 Å². The highest BCUT2D eigenvalue weighted by Gasteiger charge is 2.15. The average molecular weight is 353 g/mol. The van der Waals surface area contributed by atoms with Crippen molar-refractivity contribution < 1.29 is 14.3 Å². The van der Waals surface area contributed by atoms with Gasteiger partial charge >= 0.3 is 0 Å². The summed E-state index contributed by atoms with van der Waals surface area (Å²) in [6, 6.07) is 7.17. The smallest absolute Gasteiger partial charge is 0.281 e. The molecule has 0 unspecified atom stereocenters. The summed E-state index contributed by atoms with van der Waals surface area (Å²) in [5.74, 6) is 1.13. The molecule has 5 nitrogen and oxygen atoms in total. The molecule has 7 heteroatoms. The first-order chi connectivity index (χ1) is 9.74. The summed E-state index contributed by atoms with van der Waals surface area (Å²) < 4.78 is 11.4. The van der Waals surface area contributed by atoms with Crippen LogP contribution in [0.5, 0.6) is 11.5 Å². The van der Waals surface area contributed by atoms with Gasteiger partial charge in [-0.25, -0.2) is 5.43 Å². The molecule has 0 atom stereocenters. The van der Waals surface area contributed by atoms with Crippen molar-refractivity contribution in [2.75, 3.05) is 6.79 Å². The topological polar surface area (TPSA) is 59.9 Å². The first-order valence-corrected chi connectivity index (χ1v) is 7.37. The van der Waals surface area contributed by atoms with E-state index >= 15 is 0 Å². The summed E-state index contributed by atoms with van der Waals surface area (Å²) in [7, 11) is 0. The minimum Gasteiger partial charge on any atom is -0.454 e. The Balaban J connectivity index is 1.72. The number of carbonyl (C=O) groups excluding carboxylic acids is 1. The Kier molecular flexibility index (Phi) is 3.70. The van der Waals surface area contributed by atoms with E-state index in [0.29, 0.717) is 16.4 Å². The summed E-state index contributed by atoms with van der Waals surface area (Å²) in [6.07, 6.45) is 1.55. The number of hydrazone groups is 1. The molecule has 2 aromatic rings. The molecule has 1 aromatic carbocycles. The Hall–Kier alpha value is -1.86. The zero-order chi connectivity index (χ0) is 13.9. The number of nitrogens with zero attached hydrogens (tertiary/aromatic N) is 1. The molecule has 3 rings (SSSR count). The zero-order valence-corrected chi connectivity index (χ0v) is 12.5. The van der Waals surface area contributed by atoms with E-state index in [0.717, 1.165) is 10.0 Å². The Bertz CT molecular complexity index is 671. The number of carbonyl (C=O) groups is 1. The molecule has 0 radical (unpaired) electrons. The van der Waals surface area contributed by atoms with Gasteiger partial charge in [0.15, 0.2) is 11.5 Å². The van der Waals surface area contributed by atoms with Gasteiger partial charge in [-0.15, -0.1) is 11.3 Å². The van der Waals surface area contributed by atoms with Crippen molar-refractivity contribution in [3.8, 4) is 11.5 Å². The van der Waals surface area contributed by atoms with E-state index in [9.17, 15) is 4.79 Å². The van der Waals surface area contributed by atoms with E-state index in [1.807, 2.05) is 17.5 Å². The van der Waals surface area contributed by atoms with E-state index < -0.39 is 0 Å². The average Bonchev–Trinajstić information content (AvgIpc) is 3.08. The fourth-order valence-corrected chi connectivity index (χ4v) is 2.69. The van der Waals surface area contributed by atoms with Gasteiger partial charge in [0.05, 0.1) is 11.1 Å². The quantitative estimate of drug-likeness (QED) is 0.682. The largest absolute Gasteiger partial charge is 0.454 e. The van der Waals surface area contributed by atoms with Crippen molar-refractivity contribution in [2.45, 2.75) is 0 Å². The number of thiophene rings is 1. The van der Waals surface area contributed by atoms with Gasteiger partial charge in [0.2, 0.25) is 6.79 Å². The molecule has 20 heavy (non-hydrogen) atoms. The fraction of sp³-hybridized carbons (Fsp3) is 0.0769. The zero-order valence-electron chi connectivity index (χ0n) is 10.1. The van der Waals surface area contributed by atoms with Crippen LogP contribution in [0.2, 0.25) is 0 Å². The minimum absolute atomic E-state index is 0.220. The van der Waals surface area contributed by atoms with Crippen molar-refractivity contribution in [3.05, 3.63) is 44.6 Å². The first-order valence-electron chi connectivity index (χ1n) is 5.70. The lowest BCUT2D eigenvalue weighted by molar-refractivity contribution is 0.0959. The normalized spacial score (nSPS) is 12.8. The lowest BCUT2D eigenvalue weighted by Gasteiger charge is -2.01. The van der Waals surface area contributed by atoms with Crippen LogP contribution in [0.1, 0.15) is 15.2 Å². The number of fused-ring (bicyclic) bond motifs is 1. The van der Waals surface area contributed by atoms with Crippen LogP contribution in [0.4, 0.5) is 0 Å². The molecular weight excluding hydrogens is 344 g/mol. The molecule has 1 aliphatic rings. The number of benzene rings is 1. The van der Waals surface area contributed by atoms with Gasteiger partial charge in [0, 0.05) is 10.0 Å². The van der Waals surface area contributed by atoms with Crippen LogP contribution in [-0.2, 0) is 0 Å². The van der Waals surface area contributed by atoms with Crippen LogP contribution < -0.4 is 14.9 Å². The number of hydrogen-bond acceptors (Lipinski definition) is 5. The standard InChI is InChI=1S/C13H9BrN2O3S/c14-9-5-11-10(18-7-19-11)4-8(9)6-15-16-13(17)12-2-1-3-20-12/h1-6H,7H2,(H,16,17). The Morgan fingerprint density at radius 3 is 2.95 bits per heavy atom. The monoisotopic (exact) mass is 352 g/mol. The molecule has 1 aromatic heterocycles. The van der Waals surface area contributed by atoms with Gasteiger partial charge in [-0.05, 0) is 39.5 Å². The maximum absolute atomic E-state index is 11.7. The maximum atomic E-state index is 11.7. The first kappa shape index (κ1) is 13.1. The van der Waals surface area contributed by atoms with E-state index in [4.69, 9.17) is 9.47 Å². The molecule has 0 fully saturated rings. The predicted octanol–water partition coefficient (Wildman–Crippen LogP) is 3.00. The van der Waals surface area contributed by atoms with E-state index in [-0.39, 0.29) is 12.7 Å². The van der Waals surface area contributed by atoms with Crippen molar-refractivity contribution in [2.24, 2.45) is 5.10 Å². The Labute approximate surface area is 127 Å². The molecule has 0 spiro atoms. The van der Waals surface area contributed by atoms with Gasteiger partial charge in [-0.2, -0.15) is 5.10 Å². The molecule has 0 bridgehead atoms. The summed E-state index contributed by atoms with van der Waals surface area (Å²) in [5.41, 5.74) is 3.27. The van der Waals surface area contributed by atoms with Crippen molar-refractivity contribution in [3.63, 3.8) is 0 Å². The van der Waals surface area contributed by atoms with Crippen LogP contribution in [0, 0.1) is 0 Å². The molecule has 0 saturated carbocycles. The highest BCUT2D eigenvalue weighted by Crippen LogP contribution is 2.36. The van der Waals surface area contributed by atoms with Gasteiger partial charge in [0.1, 0.15) is 0 Å². The fourth-order valence-electron chi connectivity index (χ4n) is 1.66. The highest BCUT2D eigenvalue weighted by molar-refractivity contribution is 9.10. The van der Waals surface area contributed by atoms with Crippen molar-refractivity contribution in [1.29, 1.82) is 0 Å². The summed E-state index contributed by atoms with van der Waals surface area (Å²) >= 11 is 4.78. The molecule has 1 amide bonds. The third-order valence-electron chi connectivity index (χ3n) is 2.61. The predicted molar refractivity (Wildman–Crippen MR) is 79.6 cm³/mol. The minimum atomic E-state index is -0.229. The molecular formula is C13H9BrN2O3S. The molecule has 102 valence electrons. The maximum Gasteiger partial charge on any atom is 0.281 e. The molecule has 1 aliphatic heterocycles. The summed E-state index contributed by atoms with van der Waals surface area (Å²) in [4.78, 5) is 12.3. The molecule has 1 N–H and O–H groups in total. The van der Waals surface area contributed by atoms with Crippen molar-refractivity contribution in [1.82, 2.24) is 5.43 Å². The number of nitrogens with one attached hydrogen (secondary N) is 1. The Morgan fingerprint density at radius 2 is 2.20 bits per heavy atom. The van der Waals surface area contributed by atoms with Gasteiger partial charge in [-0.3, -0.25) is 4.79 Å². The second-order valence-corrected chi connectivity index (χ2v) is 5.71. The summed E-state index contributed by atoms with van der Waals surface area (Å²) in [6.45, 7) is 0.220. The second kappa shape index (κ2) is 5.64. The van der Waals surface area contributed by atoms with E-state index in [1.165, 1.54) is 11.3 Å². The second-order valence-electron chi connectivity index (χ2n) is 3.90. The molecule has 0 saturated heterocycles. The number of rotatable bonds is 3. The number of hydrogen-bond donors (Lipinski definition) is 1.